The van der Waals surface area contributed by atoms with Crippen molar-refractivity contribution in [2.45, 2.75) is 20.0 Å². The van der Waals surface area contributed by atoms with E-state index >= 15 is 0 Å². The van der Waals surface area contributed by atoms with Crippen LogP contribution in [0.15, 0.2) is 48.9 Å². The van der Waals surface area contributed by atoms with Crippen molar-refractivity contribution in [3.8, 4) is 11.6 Å². The summed E-state index contributed by atoms with van der Waals surface area (Å²) in [5.41, 5.74) is 1.70. The van der Waals surface area contributed by atoms with Gasteiger partial charge in [0, 0.05) is 48.9 Å². The van der Waals surface area contributed by atoms with Crippen LogP contribution in [0.4, 0.5) is 8.78 Å². The van der Waals surface area contributed by atoms with Gasteiger partial charge in [-0.1, -0.05) is 6.07 Å². The molecule has 25 heavy (non-hydrogen) atoms. The van der Waals surface area contributed by atoms with E-state index in [-0.39, 0.29) is 11.6 Å². The second-order valence-electron chi connectivity index (χ2n) is 5.39. The molecule has 0 amide bonds. The zero-order valence-corrected chi connectivity index (χ0v) is 13.5. The van der Waals surface area contributed by atoms with E-state index in [0.29, 0.717) is 18.9 Å². The van der Waals surface area contributed by atoms with E-state index in [1.807, 2.05) is 13.0 Å². The predicted octanol–water partition coefficient (Wildman–Crippen LogP) is 3.54. The van der Waals surface area contributed by atoms with E-state index in [1.165, 1.54) is 6.07 Å². The zero-order chi connectivity index (χ0) is 17.6. The highest BCUT2D eigenvalue weighted by atomic mass is 19.1. The summed E-state index contributed by atoms with van der Waals surface area (Å²) in [6, 6.07) is 6.73. The lowest BCUT2D eigenvalue weighted by molar-refractivity contribution is 0.417. The van der Waals surface area contributed by atoms with Crippen molar-refractivity contribution < 1.29 is 13.5 Å². The Morgan fingerprint density at radius 3 is 2.60 bits per heavy atom. The van der Waals surface area contributed by atoms with Gasteiger partial charge in [-0.25, -0.2) is 23.7 Å². The fraction of sp³-hybridized carbons (Fsp3) is 0.167. The Morgan fingerprint density at radius 1 is 1.04 bits per heavy atom. The monoisotopic (exact) mass is 342 g/mol. The van der Waals surface area contributed by atoms with Crippen LogP contribution in [-0.4, -0.2) is 15.0 Å². The maximum absolute atomic E-state index is 13.8. The fourth-order valence-electron chi connectivity index (χ4n) is 2.16. The van der Waals surface area contributed by atoms with Crippen molar-refractivity contribution in [1.29, 1.82) is 0 Å². The van der Waals surface area contributed by atoms with Crippen LogP contribution >= 0.6 is 0 Å². The number of rotatable bonds is 6. The topological polar surface area (TPSA) is 59.9 Å². The fourth-order valence-corrected chi connectivity index (χ4v) is 2.16. The number of aromatic nitrogens is 3. The van der Waals surface area contributed by atoms with Gasteiger partial charge in [-0.3, -0.25) is 0 Å². The third-order valence-electron chi connectivity index (χ3n) is 3.43. The quantitative estimate of drug-likeness (QED) is 0.742. The summed E-state index contributed by atoms with van der Waals surface area (Å²) < 4.78 is 32.2. The number of ether oxygens (including phenoxy) is 1. The zero-order valence-electron chi connectivity index (χ0n) is 13.5. The van der Waals surface area contributed by atoms with E-state index in [9.17, 15) is 8.78 Å². The van der Waals surface area contributed by atoms with E-state index < -0.39 is 11.6 Å². The van der Waals surface area contributed by atoms with Crippen molar-refractivity contribution in [2.75, 3.05) is 0 Å². The lowest BCUT2D eigenvalue weighted by Gasteiger charge is -2.11. The average Bonchev–Trinajstić information content (AvgIpc) is 2.60. The molecule has 5 nitrogen and oxygen atoms in total. The number of halogens is 2. The molecule has 1 aromatic carbocycles. The summed E-state index contributed by atoms with van der Waals surface area (Å²) in [6.07, 6.45) is 5.06. The van der Waals surface area contributed by atoms with E-state index in [2.05, 4.69) is 20.3 Å². The van der Waals surface area contributed by atoms with Crippen molar-refractivity contribution >= 4 is 0 Å². The highest BCUT2D eigenvalue weighted by Crippen LogP contribution is 2.26. The molecule has 7 heteroatoms. The van der Waals surface area contributed by atoms with Gasteiger partial charge in [-0.2, -0.15) is 0 Å². The van der Waals surface area contributed by atoms with Crippen LogP contribution in [0.3, 0.4) is 0 Å². The Hall–Kier alpha value is -2.93. The van der Waals surface area contributed by atoms with Gasteiger partial charge in [0.25, 0.3) is 0 Å². The van der Waals surface area contributed by atoms with Gasteiger partial charge in [0.2, 0.25) is 5.88 Å². The summed E-state index contributed by atoms with van der Waals surface area (Å²) in [4.78, 5) is 12.4. The van der Waals surface area contributed by atoms with Gasteiger partial charge in [-0.05, 0) is 25.1 Å². The number of nitrogens with one attached hydrogen (secondary N) is 1. The summed E-state index contributed by atoms with van der Waals surface area (Å²) in [5, 5.41) is 3.23. The highest BCUT2D eigenvalue weighted by molar-refractivity contribution is 5.33. The van der Waals surface area contributed by atoms with Gasteiger partial charge >= 0.3 is 0 Å². The maximum Gasteiger partial charge on any atom is 0.223 e. The lowest BCUT2D eigenvalue weighted by Crippen LogP contribution is -2.14. The molecule has 0 aliphatic carbocycles. The Balaban J connectivity index is 1.67. The minimum atomic E-state index is -0.777. The van der Waals surface area contributed by atoms with Crippen LogP contribution < -0.4 is 10.1 Å². The molecule has 0 saturated heterocycles. The van der Waals surface area contributed by atoms with Crippen molar-refractivity contribution in [3.05, 3.63) is 77.5 Å². The Labute approximate surface area is 143 Å². The standard InChI is InChI=1S/C18H16F2N4O/c1-12-23-9-13(10-24-12)8-21-11-14-3-2-6-22-18(14)25-17-5-4-15(19)7-16(17)20/h2-7,9-10,21H,8,11H2,1H3. The van der Waals surface area contributed by atoms with Crippen LogP contribution in [0.5, 0.6) is 11.6 Å². The number of hydrogen-bond acceptors (Lipinski definition) is 5. The molecule has 0 atom stereocenters. The number of hydrogen-bond donors (Lipinski definition) is 1. The lowest BCUT2D eigenvalue weighted by atomic mass is 10.2. The Morgan fingerprint density at radius 2 is 1.84 bits per heavy atom. The molecule has 0 fully saturated rings. The molecule has 1 N–H and O–H groups in total. The van der Waals surface area contributed by atoms with Crippen molar-refractivity contribution in [2.24, 2.45) is 0 Å². The minimum Gasteiger partial charge on any atom is -0.436 e. The molecular formula is C18H16F2N4O. The van der Waals surface area contributed by atoms with Crippen molar-refractivity contribution in [3.63, 3.8) is 0 Å². The van der Waals surface area contributed by atoms with Gasteiger partial charge in [0.1, 0.15) is 11.6 Å². The van der Waals surface area contributed by atoms with Crippen LogP contribution in [0.2, 0.25) is 0 Å². The summed E-state index contributed by atoms with van der Waals surface area (Å²) in [5.74, 6) is -0.531. The van der Waals surface area contributed by atoms with Crippen molar-refractivity contribution in [1.82, 2.24) is 20.3 Å². The molecule has 0 bridgehead atoms. The molecule has 0 unspecified atom stereocenters. The first-order valence-corrected chi connectivity index (χ1v) is 7.67. The summed E-state index contributed by atoms with van der Waals surface area (Å²) >= 11 is 0. The molecule has 3 aromatic rings. The number of pyridine rings is 1. The third-order valence-corrected chi connectivity index (χ3v) is 3.43. The van der Waals surface area contributed by atoms with E-state index in [4.69, 9.17) is 4.74 Å². The Bertz CT molecular complexity index is 856. The normalized spacial score (nSPS) is 10.7. The van der Waals surface area contributed by atoms with Crippen LogP contribution in [0.25, 0.3) is 0 Å². The van der Waals surface area contributed by atoms with Crippen LogP contribution in [0, 0.1) is 18.6 Å². The SMILES string of the molecule is Cc1ncc(CNCc2cccnc2Oc2ccc(F)cc2F)cn1. The molecule has 0 radical (unpaired) electrons. The third kappa shape index (κ3) is 4.54. The number of benzene rings is 1. The second-order valence-corrected chi connectivity index (χ2v) is 5.39. The first-order valence-electron chi connectivity index (χ1n) is 7.67. The van der Waals surface area contributed by atoms with Gasteiger partial charge < -0.3 is 10.1 Å². The maximum atomic E-state index is 13.8. The first-order chi connectivity index (χ1) is 12.1. The molecule has 128 valence electrons. The predicted molar refractivity (Wildman–Crippen MR) is 88.0 cm³/mol. The van der Waals surface area contributed by atoms with Gasteiger partial charge in [-0.15, -0.1) is 0 Å². The average molecular weight is 342 g/mol. The van der Waals surface area contributed by atoms with Gasteiger partial charge in [0.15, 0.2) is 11.6 Å². The van der Waals surface area contributed by atoms with Gasteiger partial charge in [0.05, 0.1) is 0 Å². The molecule has 3 rings (SSSR count). The summed E-state index contributed by atoms with van der Waals surface area (Å²) in [6.45, 7) is 2.85. The molecule has 0 spiro atoms. The molecular weight excluding hydrogens is 326 g/mol. The van der Waals surface area contributed by atoms with E-state index in [0.717, 1.165) is 23.3 Å². The molecule has 0 aliphatic heterocycles. The molecule has 0 saturated carbocycles. The highest BCUT2D eigenvalue weighted by Gasteiger charge is 2.10. The molecule has 2 heterocycles. The molecule has 2 aromatic heterocycles. The van der Waals surface area contributed by atoms with Crippen LogP contribution in [0.1, 0.15) is 17.0 Å². The smallest absolute Gasteiger partial charge is 0.223 e. The first kappa shape index (κ1) is 16.9. The second kappa shape index (κ2) is 7.76. The number of nitrogens with zero attached hydrogens (tertiary/aromatic N) is 3. The number of aryl methyl sites for hydroxylation is 1. The minimum absolute atomic E-state index is 0.0757. The molecule has 0 aliphatic rings. The van der Waals surface area contributed by atoms with Crippen LogP contribution in [-0.2, 0) is 13.1 Å². The largest absolute Gasteiger partial charge is 0.436 e. The van der Waals surface area contributed by atoms with E-state index in [1.54, 1.807) is 24.7 Å². The Kier molecular flexibility index (Phi) is 5.25. The summed E-state index contributed by atoms with van der Waals surface area (Å²) in [7, 11) is 0.